The van der Waals surface area contributed by atoms with Gasteiger partial charge in [-0.15, -0.1) is 0 Å². The van der Waals surface area contributed by atoms with Crippen LogP contribution in [0.15, 0.2) is 59.5 Å². The van der Waals surface area contributed by atoms with Gasteiger partial charge in [-0.1, -0.05) is 44.2 Å². The third-order valence-corrected chi connectivity index (χ3v) is 7.27. The van der Waals surface area contributed by atoms with E-state index in [1.54, 1.807) is 36.4 Å². The predicted octanol–water partition coefficient (Wildman–Crippen LogP) is 2.93. The smallest absolute Gasteiger partial charge is 0.319 e. The minimum absolute atomic E-state index is 0.121. The first kappa shape index (κ1) is 23.7. The van der Waals surface area contributed by atoms with Crippen LogP contribution in [-0.2, 0) is 21.4 Å². The Kier molecular flexibility index (Phi) is 7.87. The van der Waals surface area contributed by atoms with Crippen molar-refractivity contribution in [2.24, 2.45) is 5.92 Å². The predicted molar refractivity (Wildman–Crippen MR) is 124 cm³/mol. The number of amides is 3. The first-order chi connectivity index (χ1) is 15.3. The Morgan fingerprint density at radius 3 is 2.19 bits per heavy atom. The molecule has 1 fully saturated rings. The zero-order valence-corrected chi connectivity index (χ0v) is 19.2. The van der Waals surface area contributed by atoms with Gasteiger partial charge in [-0.05, 0) is 48.6 Å². The molecule has 3 rings (SSSR count). The molecule has 1 aliphatic heterocycles. The van der Waals surface area contributed by atoms with Crippen LogP contribution in [0.1, 0.15) is 32.3 Å². The number of rotatable bonds is 8. The molecule has 0 spiro atoms. The number of carbonyl (C=O) groups is 2. The van der Waals surface area contributed by atoms with Gasteiger partial charge in [0.15, 0.2) is 0 Å². The monoisotopic (exact) mass is 458 g/mol. The van der Waals surface area contributed by atoms with Crippen molar-refractivity contribution < 1.29 is 18.0 Å². The van der Waals surface area contributed by atoms with Crippen LogP contribution in [0.2, 0.25) is 0 Å². The molecule has 1 unspecified atom stereocenters. The molecule has 1 saturated heterocycles. The van der Waals surface area contributed by atoms with E-state index in [4.69, 9.17) is 0 Å². The lowest BCUT2D eigenvalue weighted by Gasteiger charge is -2.22. The molecule has 1 atom stereocenters. The molecule has 3 amide bonds. The molecule has 1 heterocycles. The third kappa shape index (κ3) is 6.08. The molecule has 0 aromatic heterocycles. The number of urea groups is 1. The van der Waals surface area contributed by atoms with Crippen LogP contribution in [0, 0.1) is 5.92 Å². The third-order valence-electron chi connectivity index (χ3n) is 5.36. The highest BCUT2D eigenvalue weighted by atomic mass is 32.2. The molecule has 2 aromatic carbocycles. The Bertz CT molecular complexity index is 1020. The summed E-state index contributed by atoms with van der Waals surface area (Å²) >= 11 is 0. The van der Waals surface area contributed by atoms with E-state index in [0.29, 0.717) is 18.8 Å². The van der Waals surface area contributed by atoms with E-state index in [-0.39, 0.29) is 23.3 Å². The summed E-state index contributed by atoms with van der Waals surface area (Å²) in [4.78, 5) is 25.2. The fourth-order valence-electron chi connectivity index (χ4n) is 3.52. The first-order valence-electron chi connectivity index (χ1n) is 10.8. The fourth-order valence-corrected chi connectivity index (χ4v) is 5.04. The van der Waals surface area contributed by atoms with Crippen molar-refractivity contribution in [3.05, 3.63) is 60.2 Å². The SMILES string of the molecule is CC(C)C(NC(=O)Nc1ccccc1)C(=O)NCc1ccc(S(=O)(=O)N2CCCC2)cc1. The minimum atomic E-state index is -3.46. The van der Waals surface area contributed by atoms with E-state index in [0.717, 1.165) is 18.4 Å². The molecule has 32 heavy (non-hydrogen) atoms. The minimum Gasteiger partial charge on any atom is -0.350 e. The average molecular weight is 459 g/mol. The van der Waals surface area contributed by atoms with E-state index in [1.807, 2.05) is 32.0 Å². The molecule has 0 saturated carbocycles. The Balaban J connectivity index is 1.56. The number of hydrogen-bond acceptors (Lipinski definition) is 4. The molecule has 0 aliphatic carbocycles. The van der Waals surface area contributed by atoms with Crippen molar-refractivity contribution in [2.45, 2.75) is 44.2 Å². The number of benzene rings is 2. The largest absolute Gasteiger partial charge is 0.350 e. The van der Waals surface area contributed by atoms with Crippen molar-refractivity contribution in [3.8, 4) is 0 Å². The molecule has 1 aliphatic rings. The summed E-state index contributed by atoms with van der Waals surface area (Å²) in [5.41, 5.74) is 1.41. The number of sulfonamides is 1. The summed E-state index contributed by atoms with van der Waals surface area (Å²) in [7, 11) is -3.46. The van der Waals surface area contributed by atoms with Crippen molar-refractivity contribution in [3.63, 3.8) is 0 Å². The summed E-state index contributed by atoms with van der Waals surface area (Å²) < 4.78 is 26.7. The fraction of sp³-hybridized carbons (Fsp3) is 0.391. The van der Waals surface area contributed by atoms with Gasteiger partial charge >= 0.3 is 6.03 Å². The number of carbonyl (C=O) groups excluding carboxylic acids is 2. The number of nitrogens with zero attached hydrogens (tertiary/aromatic N) is 1. The number of hydrogen-bond donors (Lipinski definition) is 3. The zero-order valence-electron chi connectivity index (χ0n) is 18.4. The van der Waals surface area contributed by atoms with Gasteiger partial charge in [0.25, 0.3) is 0 Å². The van der Waals surface area contributed by atoms with Gasteiger partial charge < -0.3 is 16.0 Å². The average Bonchev–Trinajstić information content (AvgIpc) is 3.32. The Labute approximate surface area is 189 Å². The normalized spacial score (nSPS) is 15.3. The number of nitrogens with one attached hydrogen (secondary N) is 3. The molecule has 0 bridgehead atoms. The van der Waals surface area contributed by atoms with Crippen LogP contribution in [0.3, 0.4) is 0 Å². The van der Waals surface area contributed by atoms with E-state index in [2.05, 4.69) is 16.0 Å². The molecule has 172 valence electrons. The van der Waals surface area contributed by atoms with Crippen molar-refractivity contribution in [1.82, 2.24) is 14.9 Å². The topological polar surface area (TPSA) is 108 Å². The second kappa shape index (κ2) is 10.6. The van der Waals surface area contributed by atoms with Crippen LogP contribution in [0.4, 0.5) is 10.5 Å². The summed E-state index contributed by atoms with van der Waals surface area (Å²) in [6.07, 6.45) is 1.77. The van der Waals surface area contributed by atoms with Crippen LogP contribution in [0.5, 0.6) is 0 Å². The first-order valence-corrected chi connectivity index (χ1v) is 12.2. The van der Waals surface area contributed by atoms with Gasteiger partial charge in [0.1, 0.15) is 6.04 Å². The Morgan fingerprint density at radius 1 is 0.969 bits per heavy atom. The highest BCUT2D eigenvalue weighted by Gasteiger charge is 2.27. The second-order valence-corrected chi connectivity index (χ2v) is 10.1. The molecule has 0 radical (unpaired) electrons. The van der Waals surface area contributed by atoms with Crippen molar-refractivity contribution in [2.75, 3.05) is 18.4 Å². The molecule has 2 aromatic rings. The maximum atomic E-state index is 12.7. The molecule has 3 N–H and O–H groups in total. The summed E-state index contributed by atoms with van der Waals surface area (Å²) in [6, 6.07) is 14.4. The van der Waals surface area contributed by atoms with Crippen LogP contribution in [0.25, 0.3) is 0 Å². The van der Waals surface area contributed by atoms with Gasteiger partial charge in [0.05, 0.1) is 4.90 Å². The second-order valence-electron chi connectivity index (χ2n) is 8.16. The maximum absolute atomic E-state index is 12.7. The van der Waals surface area contributed by atoms with Gasteiger partial charge in [-0.2, -0.15) is 4.31 Å². The zero-order chi connectivity index (χ0) is 23.1. The lowest BCUT2D eigenvalue weighted by molar-refractivity contribution is -0.124. The van der Waals surface area contributed by atoms with Gasteiger partial charge in [-0.25, -0.2) is 13.2 Å². The maximum Gasteiger partial charge on any atom is 0.319 e. The van der Waals surface area contributed by atoms with Crippen molar-refractivity contribution in [1.29, 1.82) is 0 Å². The van der Waals surface area contributed by atoms with E-state index in [9.17, 15) is 18.0 Å². The highest BCUT2D eigenvalue weighted by molar-refractivity contribution is 7.89. The number of para-hydroxylation sites is 1. The lowest BCUT2D eigenvalue weighted by Crippen LogP contribution is -2.50. The van der Waals surface area contributed by atoms with Gasteiger partial charge in [0.2, 0.25) is 15.9 Å². The van der Waals surface area contributed by atoms with Crippen LogP contribution >= 0.6 is 0 Å². The standard InChI is InChI=1S/C23H30N4O4S/c1-17(2)21(26-23(29)25-19-8-4-3-5-9-19)22(28)24-16-18-10-12-20(13-11-18)32(30,31)27-14-6-7-15-27/h3-5,8-13,17,21H,6-7,14-16H2,1-2H3,(H,24,28)(H2,25,26,29). The molecular weight excluding hydrogens is 428 g/mol. The number of anilines is 1. The molecule has 9 heteroatoms. The van der Waals surface area contributed by atoms with E-state index < -0.39 is 22.1 Å². The van der Waals surface area contributed by atoms with Crippen molar-refractivity contribution >= 4 is 27.6 Å². The van der Waals surface area contributed by atoms with Gasteiger partial charge in [0, 0.05) is 25.3 Å². The quantitative estimate of drug-likeness (QED) is 0.565. The van der Waals surface area contributed by atoms with E-state index >= 15 is 0 Å². The Morgan fingerprint density at radius 2 is 1.59 bits per heavy atom. The molecule has 8 nitrogen and oxygen atoms in total. The van der Waals surface area contributed by atoms with E-state index in [1.165, 1.54) is 4.31 Å². The highest BCUT2D eigenvalue weighted by Crippen LogP contribution is 2.21. The van der Waals surface area contributed by atoms with Gasteiger partial charge in [-0.3, -0.25) is 4.79 Å². The lowest BCUT2D eigenvalue weighted by atomic mass is 10.0. The summed E-state index contributed by atoms with van der Waals surface area (Å²) in [6.45, 7) is 5.05. The summed E-state index contributed by atoms with van der Waals surface area (Å²) in [5.74, 6) is -0.429. The van der Waals surface area contributed by atoms with Crippen LogP contribution < -0.4 is 16.0 Å². The summed E-state index contributed by atoms with van der Waals surface area (Å²) in [5, 5.41) is 8.24. The Hall–Kier alpha value is -2.91. The molecular formula is C23H30N4O4S. The van der Waals surface area contributed by atoms with Crippen LogP contribution in [-0.4, -0.2) is 43.8 Å².